The van der Waals surface area contributed by atoms with Gasteiger partial charge < -0.3 is 4.74 Å². The molecule has 1 aromatic heterocycles. The number of rotatable bonds is 5. The number of pyridine rings is 1. The highest BCUT2D eigenvalue weighted by Crippen LogP contribution is 2.09. The van der Waals surface area contributed by atoms with E-state index in [1.165, 1.54) is 0 Å². The van der Waals surface area contributed by atoms with E-state index >= 15 is 0 Å². The Labute approximate surface area is 90.5 Å². The summed E-state index contributed by atoms with van der Waals surface area (Å²) in [6.45, 7) is 3.95. The Morgan fingerprint density at radius 2 is 2.20 bits per heavy atom. The Morgan fingerprint density at radius 1 is 1.47 bits per heavy atom. The number of ketones is 1. The quantitative estimate of drug-likeness (QED) is 0.739. The molecule has 0 aliphatic heterocycles. The first kappa shape index (κ1) is 11.9. The summed E-state index contributed by atoms with van der Waals surface area (Å²) in [6.07, 6.45) is 1.71. The molecule has 0 aromatic carbocycles. The molecule has 0 fully saturated rings. The lowest BCUT2D eigenvalue weighted by Crippen LogP contribution is -2.30. The Bertz CT molecular complexity index is 309. The zero-order valence-corrected chi connectivity index (χ0v) is 9.43. The first-order valence-corrected chi connectivity index (χ1v) is 5.10. The van der Waals surface area contributed by atoms with Gasteiger partial charge in [-0.1, -0.05) is 19.9 Å². The summed E-state index contributed by atoms with van der Waals surface area (Å²) in [7, 11) is 1.57. The number of methoxy groups -OCH3 is 1. The van der Waals surface area contributed by atoms with Crippen LogP contribution in [0, 0.1) is 5.92 Å². The zero-order chi connectivity index (χ0) is 11.3. The van der Waals surface area contributed by atoms with Crippen LogP contribution in [0.15, 0.2) is 24.4 Å². The summed E-state index contributed by atoms with van der Waals surface area (Å²) in [4.78, 5) is 15.9. The van der Waals surface area contributed by atoms with E-state index in [0.29, 0.717) is 6.42 Å². The van der Waals surface area contributed by atoms with E-state index in [0.717, 1.165) is 5.69 Å². The molecule has 15 heavy (non-hydrogen) atoms. The fraction of sp³-hybridized carbons (Fsp3) is 0.500. The van der Waals surface area contributed by atoms with Gasteiger partial charge in [-0.15, -0.1) is 0 Å². The number of hydrogen-bond donors (Lipinski definition) is 0. The standard InChI is InChI=1S/C12H17NO2/c1-9(2)12(15-3)11(14)8-10-6-4-5-7-13-10/h4-7,9,12H,8H2,1-3H3. The third kappa shape index (κ3) is 3.44. The molecule has 3 nitrogen and oxygen atoms in total. The van der Waals surface area contributed by atoms with Crippen molar-refractivity contribution >= 4 is 5.78 Å². The lowest BCUT2D eigenvalue weighted by molar-refractivity contribution is -0.130. The van der Waals surface area contributed by atoms with Gasteiger partial charge in [0.1, 0.15) is 6.10 Å². The predicted octanol–water partition coefficient (Wildman–Crippen LogP) is 1.86. The minimum Gasteiger partial charge on any atom is -0.373 e. The molecule has 0 aliphatic carbocycles. The fourth-order valence-electron chi connectivity index (χ4n) is 1.56. The summed E-state index contributed by atoms with van der Waals surface area (Å²) >= 11 is 0. The zero-order valence-electron chi connectivity index (χ0n) is 9.43. The molecule has 0 radical (unpaired) electrons. The molecule has 0 saturated heterocycles. The largest absolute Gasteiger partial charge is 0.373 e. The normalized spacial score (nSPS) is 12.8. The van der Waals surface area contributed by atoms with Crippen molar-refractivity contribution in [3.63, 3.8) is 0 Å². The molecule has 1 atom stereocenters. The van der Waals surface area contributed by atoms with Crippen LogP contribution >= 0.6 is 0 Å². The van der Waals surface area contributed by atoms with Gasteiger partial charge in [0, 0.05) is 19.0 Å². The molecular formula is C12H17NO2. The van der Waals surface area contributed by atoms with E-state index in [4.69, 9.17) is 4.74 Å². The van der Waals surface area contributed by atoms with E-state index in [9.17, 15) is 4.79 Å². The number of aromatic nitrogens is 1. The highest BCUT2D eigenvalue weighted by Gasteiger charge is 2.21. The molecule has 0 bridgehead atoms. The molecule has 3 heteroatoms. The smallest absolute Gasteiger partial charge is 0.167 e. The van der Waals surface area contributed by atoms with Gasteiger partial charge in [0.25, 0.3) is 0 Å². The van der Waals surface area contributed by atoms with Crippen LogP contribution in [0.3, 0.4) is 0 Å². The van der Waals surface area contributed by atoms with Gasteiger partial charge in [0.05, 0.1) is 6.42 Å². The molecule has 0 amide bonds. The van der Waals surface area contributed by atoms with Crippen molar-refractivity contribution in [1.82, 2.24) is 4.98 Å². The molecule has 1 heterocycles. The van der Waals surface area contributed by atoms with Crippen LogP contribution in [0.5, 0.6) is 0 Å². The second-order valence-electron chi connectivity index (χ2n) is 3.86. The maximum Gasteiger partial charge on any atom is 0.167 e. The van der Waals surface area contributed by atoms with Crippen molar-refractivity contribution in [3.05, 3.63) is 30.1 Å². The fourth-order valence-corrected chi connectivity index (χ4v) is 1.56. The van der Waals surface area contributed by atoms with Crippen molar-refractivity contribution < 1.29 is 9.53 Å². The van der Waals surface area contributed by atoms with Crippen LogP contribution in [0.1, 0.15) is 19.5 Å². The number of hydrogen-bond acceptors (Lipinski definition) is 3. The molecule has 0 saturated carbocycles. The first-order chi connectivity index (χ1) is 7.15. The number of nitrogens with zero attached hydrogens (tertiary/aromatic N) is 1. The highest BCUT2D eigenvalue weighted by atomic mass is 16.5. The Balaban J connectivity index is 2.62. The SMILES string of the molecule is COC(C(=O)Cc1ccccn1)C(C)C. The summed E-state index contributed by atoms with van der Waals surface area (Å²) in [6, 6.07) is 5.57. The van der Waals surface area contributed by atoms with Gasteiger partial charge in [-0.2, -0.15) is 0 Å². The maximum atomic E-state index is 11.8. The van der Waals surface area contributed by atoms with Gasteiger partial charge >= 0.3 is 0 Å². The number of Topliss-reactive ketones (excluding diaryl/α,β-unsaturated/α-hetero) is 1. The van der Waals surface area contributed by atoms with Crippen LogP contribution in [-0.4, -0.2) is 24.0 Å². The monoisotopic (exact) mass is 207 g/mol. The van der Waals surface area contributed by atoms with Gasteiger partial charge in [-0.3, -0.25) is 9.78 Å². The minimum atomic E-state index is -0.327. The van der Waals surface area contributed by atoms with Crippen molar-refractivity contribution in [2.75, 3.05) is 7.11 Å². The first-order valence-electron chi connectivity index (χ1n) is 5.10. The topological polar surface area (TPSA) is 39.2 Å². The summed E-state index contributed by atoms with van der Waals surface area (Å²) < 4.78 is 5.17. The number of ether oxygens (including phenoxy) is 1. The van der Waals surface area contributed by atoms with E-state index < -0.39 is 0 Å². The van der Waals surface area contributed by atoms with Crippen molar-refractivity contribution in [2.45, 2.75) is 26.4 Å². The molecular weight excluding hydrogens is 190 g/mol. The van der Waals surface area contributed by atoms with Crippen molar-refractivity contribution in [2.24, 2.45) is 5.92 Å². The highest BCUT2D eigenvalue weighted by molar-refractivity contribution is 5.85. The van der Waals surface area contributed by atoms with Gasteiger partial charge in [0.15, 0.2) is 5.78 Å². The van der Waals surface area contributed by atoms with Crippen LogP contribution in [0.25, 0.3) is 0 Å². The summed E-state index contributed by atoms with van der Waals surface area (Å²) in [5.74, 6) is 0.289. The second kappa shape index (κ2) is 5.61. The third-order valence-corrected chi connectivity index (χ3v) is 2.26. The minimum absolute atomic E-state index is 0.0891. The van der Waals surface area contributed by atoms with E-state index in [-0.39, 0.29) is 17.8 Å². The molecule has 1 rings (SSSR count). The molecule has 0 aliphatic rings. The summed E-state index contributed by atoms with van der Waals surface area (Å²) in [5, 5.41) is 0. The Morgan fingerprint density at radius 3 is 2.67 bits per heavy atom. The predicted molar refractivity (Wildman–Crippen MR) is 58.6 cm³/mol. The van der Waals surface area contributed by atoms with Crippen LogP contribution in [-0.2, 0) is 16.0 Å². The van der Waals surface area contributed by atoms with Crippen molar-refractivity contribution in [1.29, 1.82) is 0 Å². The van der Waals surface area contributed by atoms with Crippen molar-refractivity contribution in [3.8, 4) is 0 Å². The third-order valence-electron chi connectivity index (χ3n) is 2.26. The van der Waals surface area contributed by atoms with Gasteiger partial charge in [-0.25, -0.2) is 0 Å². The van der Waals surface area contributed by atoms with Gasteiger partial charge in [-0.05, 0) is 18.1 Å². The summed E-state index contributed by atoms with van der Waals surface area (Å²) in [5.41, 5.74) is 0.796. The lowest BCUT2D eigenvalue weighted by atomic mass is 10.00. The molecule has 1 unspecified atom stereocenters. The van der Waals surface area contributed by atoms with Crippen LogP contribution in [0.4, 0.5) is 0 Å². The molecule has 0 spiro atoms. The van der Waals surface area contributed by atoms with Crippen LogP contribution in [0.2, 0.25) is 0 Å². The number of carbonyl (C=O) groups is 1. The molecule has 82 valence electrons. The average Bonchev–Trinajstić information content (AvgIpc) is 2.19. The van der Waals surface area contributed by atoms with Crippen LogP contribution < -0.4 is 0 Å². The lowest BCUT2D eigenvalue weighted by Gasteiger charge is -2.17. The van der Waals surface area contributed by atoms with E-state index in [1.54, 1.807) is 13.3 Å². The van der Waals surface area contributed by atoms with E-state index in [1.807, 2.05) is 32.0 Å². The molecule has 1 aromatic rings. The second-order valence-corrected chi connectivity index (χ2v) is 3.86. The number of carbonyl (C=O) groups excluding carboxylic acids is 1. The van der Waals surface area contributed by atoms with E-state index in [2.05, 4.69) is 4.98 Å². The van der Waals surface area contributed by atoms with Gasteiger partial charge in [0.2, 0.25) is 0 Å². The Kier molecular flexibility index (Phi) is 4.43. The maximum absolute atomic E-state index is 11.8. The average molecular weight is 207 g/mol. The Hall–Kier alpha value is -1.22. The molecule has 0 N–H and O–H groups in total.